The first-order chi connectivity index (χ1) is 19.0. The molecule has 0 saturated heterocycles. The summed E-state index contributed by atoms with van der Waals surface area (Å²) in [4.78, 5) is 15.9. The number of benzene rings is 3. The van der Waals surface area contributed by atoms with Crippen LogP contribution < -0.4 is 14.4 Å². The number of aryl methyl sites for hydroxylation is 1. The molecule has 40 heavy (non-hydrogen) atoms. The Bertz CT molecular complexity index is 1550. The standard InChI is InChI=1S/C33H33ClN2O4/c1-19-6-8-20(9-7-19)31(38)30-28(24-16-23(39-4)14-15-27(24)40-5)29-25(17-33(2,3)18-26(29)37)36(32(30)35)22-12-10-21(34)11-13-22/h6-16,28,35,38H,17-18H2,1-5H3/b31-30+,35-32?/t28-/m0/s1. The van der Waals surface area contributed by atoms with Crippen molar-refractivity contribution in [3.05, 3.63) is 105 Å². The number of carbonyl (C=O) groups is 1. The van der Waals surface area contributed by atoms with Gasteiger partial charge in [0.05, 0.1) is 20.1 Å². The van der Waals surface area contributed by atoms with Crippen molar-refractivity contribution < 1.29 is 19.4 Å². The van der Waals surface area contributed by atoms with Gasteiger partial charge in [-0.15, -0.1) is 0 Å². The fourth-order valence-electron chi connectivity index (χ4n) is 5.73. The lowest BCUT2D eigenvalue weighted by atomic mass is 9.67. The fourth-order valence-corrected chi connectivity index (χ4v) is 5.86. The van der Waals surface area contributed by atoms with Crippen LogP contribution in [0.3, 0.4) is 0 Å². The second kappa shape index (κ2) is 10.5. The largest absolute Gasteiger partial charge is 0.507 e. The maximum atomic E-state index is 14.1. The van der Waals surface area contributed by atoms with E-state index in [1.54, 1.807) is 43.4 Å². The molecule has 0 saturated carbocycles. The summed E-state index contributed by atoms with van der Waals surface area (Å²) in [5.41, 5.74) is 4.23. The van der Waals surface area contributed by atoms with E-state index in [1.807, 2.05) is 49.4 Å². The quantitative estimate of drug-likeness (QED) is 0.312. The Morgan fingerprint density at radius 2 is 1.68 bits per heavy atom. The predicted molar refractivity (Wildman–Crippen MR) is 160 cm³/mol. The van der Waals surface area contributed by atoms with Crippen molar-refractivity contribution in [1.82, 2.24) is 0 Å². The SMILES string of the molecule is COc1ccc(OC)c([C@H]2C3=C(CC(C)(C)CC3=O)N(c3ccc(Cl)cc3)C(=N)/C2=C(/O)c2ccc(C)cc2)c1. The number of rotatable bonds is 5. The third-order valence-electron chi connectivity index (χ3n) is 7.64. The molecule has 0 radical (unpaired) electrons. The van der Waals surface area contributed by atoms with E-state index in [9.17, 15) is 15.3 Å². The number of nitrogens with one attached hydrogen (secondary N) is 1. The average molecular weight is 557 g/mol. The molecule has 3 aromatic carbocycles. The third kappa shape index (κ3) is 4.88. The van der Waals surface area contributed by atoms with Crippen LogP contribution in [0, 0.1) is 17.7 Å². The number of ether oxygens (including phenoxy) is 2. The zero-order chi connectivity index (χ0) is 28.8. The Balaban J connectivity index is 1.89. The second-order valence-corrected chi connectivity index (χ2v) is 11.6. The highest BCUT2D eigenvalue weighted by Crippen LogP contribution is 2.53. The number of allylic oxidation sites excluding steroid dienone is 2. The van der Waals surface area contributed by atoms with Crippen LogP contribution in [-0.2, 0) is 4.79 Å². The number of anilines is 1. The van der Waals surface area contributed by atoms with Crippen LogP contribution in [-0.4, -0.2) is 30.9 Å². The molecule has 0 unspecified atom stereocenters. The number of Topliss-reactive ketones (excluding diaryl/α,β-unsaturated/α-hetero) is 1. The lowest BCUT2D eigenvalue weighted by Gasteiger charge is -2.45. The number of hydrogen-bond donors (Lipinski definition) is 2. The van der Waals surface area contributed by atoms with Gasteiger partial charge in [0.1, 0.15) is 23.1 Å². The Kier molecular flexibility index (Phi) is 7.23. The Labute approximate surface area is 240 Å². The first-order valence-electron chi connectivity index (χ1n) is 13.2. The molecule has 0 fully saturated rings. The summed E-state index contributed by atoms with van der Waals surface area (Å²) in [5.74, 6) is 0.366. The Morgan fingerprint density at radius 3 is 2.30 bits per heavy atom. The molecule has 1 aliphatic carbocycles. The first kappa shape index (κ1) is 27.5. The Morgan fingerprint density at radius 1 is 1.00 bits per heavy atom. The van der Waals surface area contributed by atoms with E-state index in [1.165, 1.54) is 0 Å². The van der Waals surface area contributed by atoms with Crippen LogP contribution in [0.2, 0.25) is 5.02 Å². The van der Waals surface area contributed by atoms with Crippen molar-refractivity contribution in [3.63, 3.8) is 0 Å². The average Bonchev–Trinajstić information content (AvgIpc) is 2.92. The summed E-state index contributed by atoms with van der Waals surface area (Å²) in [6.45, 7) is 6.10. The van der Waals surface area contributed by atoms with E-state index < -0.39 is 5.92 Å². The molecule has 7 heteroatoms. The van der Waals surface area contributed by atoms with Gasteiger partial charge in [-0.05, 0) is 61.2 Å². The van der Waals surface area contributed by atoms with Crippen LogP contribution in [0.4, 0.5) is 5.69 Å². The number of aliphatic hydroxyl groups is 1. The predicted octanol–water partition coefficient (Wildman–Crippen LogP) is 7.86. The van der Waals surface area contributed by atoms with Gasteiger partial charge in [0.15, 0.2) is 5.78 Å². The van der Waals surface area contributed by atoms with Gasteiger partial charge in [0.2, 0.25) is 0 Å². The molecule has 0 amide bonds. The first-order valence-corrected chi connectivity index (χ1v) is 13.6. The van der Waals surface area contributed by atoms with Gasteiger partial charge in [-0.3, -0.25) is 15.1 Å². The van der Waals surface area contributed by atoms with E-state index in [2.05, 4.69) is 13.8 Å². The monoisotopic (exact) mass is 556 g/mol. The molecule has 2 aliphatic rings. The molecule has 0 spiro atoms. The van der Waals surface area contributed by atoms with Gasteiger partial charge >= 0.3 is 0 Å². The second-order valence-electron chi connectivity index (χ2n) is 11.1. The maximum Gasteiger partial charge on any atom is 0.162 e. The lowest BCUT2D eigenvalue weighted by Crippen LogP contribution is -2.45. The summed E-state index contributed by atoms with van der Waals surface area (Å²) in [6, 6.07) is 20.1. The van der Waals surface area contributed by atoms with E-state index in [0.29, 0.717) is 57.3 Å². The van der Waals surface area contributed by atoms with Crippen LogP contribution in [0.1, 0.15) is 49.3 Å². The van der Waals surface area contributed by atoms with Gasteiger partial charge in [0, 0.05) is 45.1 Å². The zero-order valence-electron chi connectivity index (χ0n) is 23.3. The third-order valence-corrected chi connectivity index (χ3v) is 7.89. The van der Waals surface area contributed by atoms with Gasteiger partial charge in [-0.25, -0.2) is 0 Å². The molecular formula is C33H33ClN2O4. The molecule has 1 atom stereocenters. The minimum Gasteiger partial charge on any atom is -0.507 e. The molecule has 1 aliphatic heterocycles. The summed E-state index contributed by atoms with van der Waals surface area (Å²) in [6.07, 6.45) is 0.912. The van der Waals surface area contributed by atoms with E-state index in [4.69, 9.17) is 21.1 Å². The zero-order valence-corrected chi connectivity index (χ0v) is 24.1. The highest BCUT2D eigenvalue weighted by atomic mass is 35.5. The minimum absolute atomic E-state index is 0.0261. The molecule has 1 heterocycles. The Hall–Kier alpha value is -4.03. The van der Waals surface area contributed by atoms with Crippen LogP contribution >= 0.6 is 11.6 Å². The van der Waals surface area contributed by atoms with Crippen molar-refractivity contribution in [2.75, 3.05) is 19.1 Å². The number of ketones is 1. The van der Waals surface area contributed by atoms with Crippen LogP contribution in [0.25, 0.3) is 5.76 Å². The molecule has 2 N–H and O–H groups in total. The smallest absolute Gasteiger partial charge is 0.162 e. The van der Waals surface area contributed by atoms with E-state index in [0.717, 1.165) is 11.3 Å². The van der Waals surface area contributed by atoms with E-state index in [-0.39, 0.29) is 22.8 Å². The fraction of sp³-hybridized carbons (Fsp3) is 0.273. The van der Waals surface area contributed by atoms with Crippen molar-refractivity contribution >= 4 is 34.7 Å². The van der Waals surface area contributed by atoms with Gasteiger partial charge < -0.3 is 14.6 Å². The van der Waals surface area contributed by atoms with Crippen LogP contribution in [0.5, 0.6) is 11.5 Å². The number of amidine groups is 1. The molecule has 3 aromatic rings. The van der Waals surface area contributed by atoms with Gasteiger partial charge in [0.25, 0.3) is 0 Å². The molecule has 6 nitrogen and oxygen atoms in total. The van der Waals surface area contributed by atoms with Crippen molar-refractivity contribution in [2.24, 2.45) is 5.41 Å². The van der Waals surface area contributed by atoms with E-state index >= 15 is 0 Å². The molecule has 5 rings (SSSR count). The van der Waals surface area contributed by atoms with Gasteiger partial charge in [-0.2, -0.15) is 0 Å². The highest BCUT2D eigenvalue weighted by molar-refractivity contribution is 6.30. The summed E-state index contributed by atoms with van der Waals surface area (Å²) >= 11 is 6.22. The number of aliphatic hydroxyl groups excluding tert-OH is 1. The maximum absolute atomic E-state index is 14.1. The number of halogens is 1. The summed E-state index contributed by atoms with van der Waals surface area (Å²) < 4.78 is 11.3. The number of nitrogens with zero attached hydrogens (tertiary/aromatic N) is 1. The molecule has 0 bridgehead atoms. The molecular weight excluding hydrogens is 524 g/mol. The molecule has 0 aromatic heterocycles. The van der Waals surface area contributed by atoms with Crippen molar-refractivity contribution in [1.29, 1.82) is 5.41 Å². The normalized spacial score (nSPS) is 19.9. The summed E-state index contributed by atoms with van der Waals surface area (Å²) in [5, 5.41) is 22.1. The summed E-state index contributed by atoms with van der Waals surface area (Å²) in [7, 11) is 3.15. The van der Waals surface area contributed by atoms with Gasteiger partial charge in [-0.1, -0.05) is 55.3 Å². The number of methoxy groups -OCH3 is 2. The van der Waals surface area contributed by atoms with Crippen molar-refractivity contribution in [3.8, 4) is 11.5 Å². The number of carbonyl (C=O) groups excluding carboxylic acids is 1. The molecule has 206 valence electrons. The topological polar surface area (TPSA) is 82.9 Å². The lowest BCUT2D eigenvalue weighted by molar-refractivity contribution is -0.118. The van der Waals surface area contributed by atoms with Crippen molar-refractivity contribution in [2.45, 2.75) is 39.5 Å². The number of hydrogen-bond acceptors (Lipinski definition) is 5. The van der Waals surface area contributed by atoms with Crippen LogP contribution in [0.15, 0.2) is 83.6 Å². The highest BCUT2D eigenvalue weighted by Gasteiger charge is 2.47. The minimum atomic E-state index is -0.749.